The molecule has 0 aromatic heterocycles. The quantitative estimate of drug-likeness (QED) is 0.591. The summed E-state index contributed by atoms with van der Waals surface area (Å²) in [6, 6.07) is 2.21. The summed E-state index contributed by atoms with van der Waals surface area (Å²) in [5, 5.41) is 0. The molecule has 108 valence electrons. The molecule has 0 aliphatic heterocycles. The van der Waals surface area contributed by atoms with Gasteiger partial charge in [-0.05, 0) is 44.6 Å². The molecule has 0 saturated heterocycles. The largest absolute Gasteiger partial charge is 0.304 e. The molecule has 1 rings (SSSR count). The van der Waals surface area contributed by atoms with Gasteiger partial charge in [-0.2, -0.15) is 0 Å². The van der Waals surface area contributed by atoms with Crippen molar-refractivity contribution >= 4 is 0 Å². The molecule has 0 aliphatic rings. The predicted octanol–water partition coefficient (Wildman–Crippen LogP) is 2.51. The molecule has 0 aliphatic carbocycles. The first-order valence-corrected chi connectivity index (χ1v) is 6.68. The zero-order valence-corrected chi connectivity index (χ0v) is 11.8. The van der Waals surface area contributed by atoms with E-state index in [0.29, 0.717) is 12.0 Å². The Labute approximate surface area is 113 Å². The van der Waals surface area contributed by atoms with Crippen LogP contribution < -0.4 is 11.3 Å². The van der Waals surface area contributed by atoms with Gasteiger partial charge < -0.3 is 4.90 Å². The van der Waals surface area contributed by atoms with E-state index in [9.17, 15) is 8.78 Å². The predicted molar refractivity (Wildman–Crippen MR) is 73.6 cm³/mol. The number of halogens is 2. The highest BCUT2D eigenvalue weighted by atomic mass is 19.1. The molecule has 0 fully saturated rings. The second kappa shape index (κ2) is 7.53. The molecule has 3 N–H and O–H groups in total. The van der Waals surface area contributed by atoms with Gasteiger partial charge in [0, 0.05) is 5.56 Å². The number of hydrogen-bond acceptors (Lipinski definition) is 3. The first-order chi connectivity index (χ1) is 9.04. The summed E-state index contributed by atoms with van der Waals surface area (Å²) < 4.78 is 27.8. The van der Waals surface area contributed by atoms with Crippen molar-refractivity contribution in [2.75, 3.05) is 19.6 Å². The molecule has 0 saturated carbocycles. The van der Waals surface area contributed by atoms with E-state index in [-0.39, 0.29) is 5.56 Å². The fourth-order valence-corrected chi connectivity index (χ4v) is 2.16. The van der Waals surface area contributed by atoms with Crippen molar-refractivity contribution in [2.45, 2.75) is 33.2 Å². The number of hydrazine groups is 1. The Hall–Kier alpha value is -1.04. The van der Waals surface area contributed by atoms with Crippen molar-refractivity contribution in [3.63, 3.8) is 0 Å². The number of aryl methyl sites for hydroxylation is 1. The van der Waals surface area contributed by atoms with Crippen LogP contribution in [0.5, 0.6) is 0 Å². The zero-order valence-electron chi connectivity index (χ0n) is 11.8. The molecule has 0 heterocycles. The first-order valence-electron chi connectivity index (χ1n) is 6.68. The minimum absolute atomic E-state index is 0.0367. The lowest BCUT2D eigenvalue weighted by atomic mass is 10.00. The molecule has 0 amide bonds. The van der Waals surface area contributed by atoms with Crippen LogP contribution in [0.15, 0.2) is 12.1 Å². The molecular formula is C14H23F2N3. The van der Waals surface area contributed by atoms with Gasteiger partial charge in [0.05, 0.1) is 6.04 Å². The highest BCUT2D eigenvalue weighted by Crippen LogP contribution is 2.25. The summed E-state index contributed by atoms with van der Waals surface area (Å²) in [7, 11) is 0. The Morgan fingerprint density at radius 3 is 2.42 bits per heavy atom. The second-order valence-corrected chi connectivity index (χ2v) is 4.63. The third kappa shape index (κ3) is 3.96. The SMILES string of the molecule is CCN(CC)CCC(NN)c1c(F)ccc(C)c1F. The Morgan fingerprint density at radius 1 is 1.26 bits per heavy atom. The summed E-state index contributed by atoms with van der Waals surface area (Å²) in [4.78, 5) is 2.19. The molecule has 19 heavy (non-hydrogen) atoms. The number of hydrogen-bond donors (Lipinski definition) is 2. The van der Waals surface area contributed by atoms with Gasteiger partial charge in [-0.15, -0.1) is 0 Å². The molecule has 1 unspecified atom stereocenters. The molecule has 0 bridgehead atoms. The summed E-state index contributed by atoms with van der Waals surface area (Å²) >= 11 is 0. The molecule has 0 spiro atoms. The number of nitrogens with zero attached hydrogens (tertiary/aromatic N) is 1. The zero-order chi connectivity index (χ0) is 14.4. The van der Waals surface area contributed by atoms with Crippen LogP contribution in [0.2, 0.25) is 0 Å². The maximum atomic E-state index is 14.0. The Kier molecular flexibility index (Phi) is 6.34. The van der Waals surface area contributed by atoms with Crippen molar-refractivity contribution in [1.82, 2.24) is 10.3 Å². The van der Waals surface area contributed by atoms with Crippen molar-refractivity contribution in [1.29, 1.82) is 0 Å². The fourth-order valence-electron chi connectivity index (χ4n) is 2.16. The summed E-state index contributed by atoms with van der Waals surface area (Å²) in [6.07, 6.45) is 0.565. The Bertz CT molecular complexity index is 406. The van der Waals surface area contributed by atoms with E-state index in [1.165, 1.54) is 12.1 Å². The number of rotatable bonds is 7. The molecule has 0 radical (unpaired) electrons. The lowest BCUT2D eigenvalue weighted by Gasteiger charge is -2.23. The minimum Gasteiger partial charge on any atom is -0.304 e. The van der Waals surface area contributed by atoms with Gasteiger partial charge in [-0.25, -0.2) is 8.78 Å². The number of benzene rings is 1. The van der Waals surface area contributed by atoms with Crippen LogP contribution in [0.25, 0.3) is 0 Å². The van der Waals surface area contributed by atoms with Gasteiger partial charge in [0.2, 0.25) is 0 Å². The summed E-state index contributed by atoms with van der Waals surface area (Å²) in [6.45, 7) is 8.30. The van der Waals surface area contributed by atoms with Crippen LogP contribution >= 0.6 is 0 Å². The second-order valence-electron chi connectivity index (χ2n) is 4.63. The maximum Gasteiger partial charge on any atom is 0.133 e. The van der Waals surface area contributed by atoms with E-state index in [2.05, 4.69) is 24.2 Å². The smallest absolute Gasteiger partial charge is 0.133 e. The highest BCUT2D eigenvalue weighted by molar-refractivity contribution is 5.29. The summed E-state index contributed by atoms with van der Waals surface area (Å²) in [5.41, 5.74) is 2.99. The van der Waals surface area contributed by atoms with E-state index < -0.39 is 17.7 Å². The van der Waals surface area contributed by atoms with E-state index in [1.54, 1.807) is 6.92 Å². The molecule has 3 nitrogen and oxygen atoms in total. The van der Waals surface area contributed by atoms with Crippen molar-refractivity contribution in [2.24, 2.45) is 5.84 Å². The topological polar surface area (TPSA) is 41.3 Å². The van der Waals surface area contributed by atoms with E-state index in [0.717, 1.165) is 19.6 Å². The van der Waals surface area contributed by atoms with Crippen LogP contribution in [0.3, 0.4) is 0 Å². The van der Waals surface area contributed by atoms with E-state index in [1.807, 2.05) is 0 Å². The molecule has 1 atom stereocenters. The lowest BCUT2D eigenvalue weighted by molar-refractivity contribution is 0.279. The average Bonchev–Trinajstić information content (AvgIpc) is 2.42. The van der Waals surface area contributed by atoms with Crippen LogP contribution in [0, 0.1) is 18.6 Å². The Balaban J connectivity index is 2.88. The monoisotopic (exact) mass is 271 g/mol. The molecular weight excluding hydrogens is 248 g/mol. The highest BCUT2D eigenvalue weighted by Gasteiger charge is 2.21. The van der Waals surface area contributed by atoms with Gasteiger partial charge in [0.15, 0.2) is 0 Å². The standard InChI is InChI=1S/C14H23F2N3/c1-4-19(5-2)9-8-12(18-17)13-11(15)7-6-10(3)14(13)16/h6-7,12,18H,4-5,8-9,17H2,1-3H3. The lowest BCUT2D eigenvalue weighted by Crippen LogP contribution is -2.34. The van der Waals surface area contributed by atoms with Crippen LogP contribution in [-0.2, 0) is 0 Å². The number of nitrogens with one attached hydrogen (secondary N) is 1. The first kappa shape index (κ1) is 16.0. The van der Waals surface area contributed by atoms with Gasteiger partial charge >= 0.3 is 0 Å². The van der Waals surface area contributed by atoms with Gasteiger partial charge in [0.1, 0.15) is 11.6 Å². The molecule has 5 heteroatoms. The number of nitrogens with two attached hydrogens (primary N) is 1. The van der Waals surface area contributed by atoms with Crippen molar-refractivity contribution in [3.8, 4) is 0 Å². The molecule has 1 aromatic rings. The molecule has 1 aromatic carbocycles. The van der Waals surface area contributed by atoms with Gasteiger partial charge in [-0.3, -0.25) is 11.3 Å². The van der Waals surface area contributed by atoms with E-state index >= 15 is 0 Å². The van der Waals surface area contributed by atoms with Crippen LogP contribution in [0.4, 0.5) is 8.78 Å². The van der Waals surface area contributed by atoms with Gasteiger partial charge in [-0.1, -0.05) is 19.9 Å². The Morgan fingerprint density at radius 2 is 1.89 bits per heavy atom. The third-order valence-corrected chi connectivity index (χ3v) is 3.50. The average molecular weight is 271 g/mol. The van der Waals surface area contributed by atoms with Crippen LogP contribution in [-0.4, -0.2) is 24.5 Å². The maximum absolute atomic E-state index is 14.0. The van der Waals surface area contributed by atoms with Crippen molar-refractivity contribution in [3.05, 3.63) is 34.9 Å². The third-order valence-electron chi connectivity index (χ3n) is 3.50. The minimum atomic E-state index is -0.550. The van der Waals surface area contributed by atoms with Gasteiger partial charge in [0.25, 0.3) is 0 Å². The normalized spacial score (nSPS) is 13.0. The fraction of sp³-hybridized carbons (Fsp3) is 0.571. The van der Waals surface area contributed by atoms with Crippen LogP contribution in [0.1, 0.15) is 37.4 Å². The van der Waals surface area contributed by atoms with Crippen molar-refractivity contribution < 1.29 is 8.78 Å². The summed E-state index contributed by atoms with van der Waals surface area (Å²) in [5.74, 6) is 4.40. The van der Waals surface area contributed by atoms with E-state index in [4.69, 9.17) is 5.84 Å².